The van der Waals surface area contributed by atoms with Crippen molar-refractivity contribution >= 4 is 34.6 Å². The molecule has 0 aliphatic carbocycles. The van der Waals surface area contributed by atoms with Gasteiger partial charge in [-0.25, -0.2) is 24.4 Å². The van der Waals surface area contributed by atoms with Crippen LogP contribution in [0.1, 0.15) is 52.5 Å². The number of aryl methyl sites for hydroxylation is 1. The van der Waals surface area contributed by atoms with Gasteiger partial charge in [-0.2, -0.15) is 5.10 Å². The lowest BCUT2D eigenvalue weighted by atomic mass is 10.1. The summed E-state index contributed by atoms with van der Waals surface area (Å²) in [6, 6.07) is 5.00. The molecular weight excluding hydrogens is 533 g/mol. The Kier molecular flexibility index (Phi) is 9.00. The van der Waals surface area contributed by atoms with Crippen LogP contribution in [0.3, 0.4) is 0 Å². The minimum atomic E-state index is -0.473. The summed E-state index contributed by atoms with van der Waals surface area (Å²) in [6.45, 7) is 12.4. The zero-order valence-corrected chi connectivity index (χ0v) is 24.9. The minimum absolute atomic E-state index is 0.270. The van der Waals surface area contributed by atoms with E-state index in [2.05, 4.69) is 39.1 Å². The molecule has 1 atom stereocenters. The molecule has 9 nitrogen and oxygen atoms in total. The largest absolute Gasteiger partial charge is 0.489 e. The second kappa shape index (κ2) is 13.0. The highest BCUT2D eigenvalue weighted by atomic mass is 19.1. The summed E-state index contributed by atoms with van der Waals surface area (Å²) in [4.78, 5) is 16.1. The molecule has 0 saturated carbocycles. The van der Waals surface area contributed by atoms with Gasteiger partial charge in [0.25, 0.3) is 0 Å². The van der Waals surface area contributed by atoms with Gasteiger partial charge in [0.15, 0.2) is 17.4 Å². The first kappa shape index (κ1) is 29.0. The van der Waals surface area contributed by atoms with Crippen molar-refractivity contribution < 1.29 is 13.9 Å². The molecule has 10 heteroatoms. The fourth-order valence-corrected chi connectivity index (χ4v) is 5.00. The number of hydrogen-bond acceptors (Lipinski definition) is 9. The van der Waals surface area contributed by atoms with Gasteiger partial charge in [0, 0.05) is 49.6 Å². The van der Waals surface area contributed by atoms with Crippen LogP contribution in [0.25, 0.3) is 11.0 Å². The number of ether oxygens (including phenoxy) is 2. The van der Waals surface area contributed by atoms with E-state index in [9.17, 15) is 0 Å². The molecule has 0 fully saturated rings. The van der Waals surface area contributed by atoms with Crippen molar-refractivity contribution in [3.8, 4) is 11.5 Å². The zero-order valence-electron chi connectivity index (χ0n) is 24.9. The Morgan fingerprint density at radius 1 is 1.21 bits per heavy atom. The maximum Gasteiger partial charge on any atom is 0.172 e. The van der Waals surface area contributed by atoms with Gasteiger partial charge in [0.05, 0.1) is 23.5 Å². The zero-order chi connectivity index (χ0) is 29.6. The predicted octanol–water partition coefficient (Wildman–Crippen LogP) is 7.24. The molecule has 0 amide bonds. The molecule has 3 aromatic rings. The smallest absolute Gasteiger partial charge is 0.172 e. The summed E-state index contributed by atoms with van der Waals surface area (Å²) in [5.74, 6) is 2.81. The number of anilines is 3. The van der Waals surface area contributed by atoms with Gasteiger partial charge in [-0.05, 0) is 44.9 Å². The number of hydrogen-bond donors (Lipinski definition) is 1. The van der Waals surface area contributed by atoms with Gasteiger partial charge >= 0.3 is 0 Å². The molecule has 0 bridgehead atoms. The first-order chi connectivity index (χ1) is 20.4. The average molecular weight is 572 g/mol. The van der Waals surface area contributed by atoms with Crippen LogP contribution in [0.15, 0.2) is 65.5 Å². The van der Waals surface area contributed by atoms with Gasteiger partial charge in [0.1, 0.15) is 29.2 Å². The lowest BCUT2D eigenvalue weighted by Gasteiger charge is -2.24. The number of aromatic nitrogens is 3. The van der Waals surface area contributed by atoms with Crippen LogP contribution < -0.4 is 19.7 Å². The normalized spacial score (nSPS) is 17.8. The van der Waals surface area contributed by atoms with E-state index in [4.69, 9.17) is 14.5 Å². The quantitative estimate of drug-likeness (QED) is 0.212. The van der Waals surface area contributed by atoms with Crippen molar-refractivity contribution in [3.63, 3.8) is 0 Å². The SMILES string of the molecule is C/C=N\N1C=CC(Oc2cc(F)c(Nc3ncnc4cc5c(nc34)N(CCCCC)CC(C)CO5)cc2C)=C/C1=C\C. The Hall–Kier alpha value is -4.47. The first-order valence-corrected chi connectivity index (χ1v) is 14.5. The van der Waals surface area contributed by atoms with Crippen molar-refractivity contribution in [1.29, 1.82) is 0 Å². The van der Waals surface area contributed by atoms with Crippen molar-refractivity contribution in [3.05, 3.63) is 71.8 Å². The maximum absolute atomic E-state index is 15.5. The molecule has 1 N–H and O–H groups in total. The van der Waals surface area contributed by atoms with Gasteiger partial charge in [0.2, 0.25) is 0 Å². The minimum Gasteiger partial charge on any atom is -0.489 e. The summed E-state index contributed by atoms with van der Waals surface area (Å²) >= 11 is 0. The Labute approximate surface area is 246 Å². The number of pyridine rings is 1. The summed E-state index contributed by atoms with van der Waals surface area (Å²) in [6.07, 6.45) is 13.9. The Morgan fingerprint density at radius 2 is 2.07 bits per heavy atom. The molecule has 2 aromatic heterocycles. The van der Waals surface area contributed by atoms with Gasteiger partial charge in [-0.1, -0.05) is 32.8 Å². The molecule has 1 aromatic carbocycles. The van der Waals surface area contributed by atoms with E-state index in [-0.39, 0.29) is 5.69 Å². The summed E-state index contributed by atoms with van der Waals surface area (Å²) < 4.78 is 27.7. The molecule has 4 heterocycles. The van der Waals surface area contributed by atoms with Crippen molar-refractivity contribution in [2.75, 3.05) is 29.9 Å². The van der Waals surface area contributed by atoms with E-state index in [1.165, 1.54) is 12.4 Å². The number of unbranched alkanes of at least 4 members (excludes halogenated alkanes) is 2. The third-order valence-corrected chi connectivity index (χ3v) is 7.16. The monoisotopic (exact) mass is 571 g/mol. The molecule has 0 spiro atoms. The lowest BCUT2D eigenvalue weighted by molar-refractivity contribution is 0.273. The van der Waals surface area contributed by atoms with Crippen LogP contribution in [-0.4, -0.2) is 45.9 Å². The molecule has 220 valence electrons. The predicted molar refractivity (Wildman–Crippen MR) is 166 cm³/mol. The molecule has 1 unspecified atom stereocenters. The fraction of sp³-hybridized carbons (Fsp3) is 0.375. The van der Waals surface area contributed by atoms with Crippen LogP contribution in [0.2, 0.25) is 0 Å². The molecule has 5 rings (SSSR count). The average Bonchev–Trinajstić information content (AvgIpc) is 3.13. The first-order valence-electron chi connectivity index (χ1n) is 14.5. The molecule has 2 aliphatic heterocycles. The molecule has 0 radical (unpaired) electrons. The highest BCUT2D eigenvalue weighted by Gasteiger charge is 2.24. The van der Waals surface area contributed by atoms with E-state index in [0.717, 1.165) is 49.4 Å². The van der Waals surface area contributed by atoms with Crippen molar-refractivity contribution in [2.24, 2.45) is 11.0 Å². The highest BCUT2D eigenvalue weighted by molar-refractivity contribution is 5.90. The summed E-state index contributed by atoms with van der Waals surface area (Å²) in [7, 11) is 0. The third-order valence-electron chi connectivity index (χ3n) is 7.16. The number of fused-ring (bicyclic) bond motifs is 2. The number of nitrogens with zero attached hydrogens (tertiary/aromatic N) is 6. The Balaban J connectivity index is 1.42. The topological polar surface area (TPSA) is 88.0 Å². The van der Waals surface area contributed by atoms with Crippen molar-refractivity contribution in [2.45, 2.75) is 53.9 Å². The second-order valence-electron chi connectivity index (χ2n) is 10.6. The van der Waals surface area contributed by atoms with E-state index < -0.39 is 5.82 Å². The van der Waals surface area contributed by atoms with E-state index >= 15 is 4.39 Å². The number of hydrazone groups is 1. The van der Waals surface area contributed by atoms with E-state index in [1.807, 2.05) is 39.0 Å². The van der Waals surface area contributed by atoms with Crippen LogP contribution in [0.4, 0.5) is 21.7 Å². The van der Waals surface area contributed by atoms with Crippen molar-refractivity contribution in [1.82, 2.24) is 20.0 Å². The van der Waals surface area contributed by atoms with Crippen LogP contribution >= 0.6 is 0 Å². The van der Waals surface area contributed by atoms with Crippen LogP contribution in [0.5, 0.6) is 11.5 Å². The third kappa shape index (κ3) is 6.37. The Bertz CT molecular complexity index is 1570. The lowest BCUT2D eigenvalue weighted by Crippen LogP contribution is -2.30. The fourth-order valence-electron chi connectivity index (χ4n) is 5.00. The number of nitrogens with one attached hydrogen (secondary N) is 1. The number of allylic oxidation sites excluding steroid dienone is 3. The standard InChI is InChI=1S/C32H38FN7O2/c1-6-9-10-12-39-18-21(4)19-41-29-17-27-30(38-32(29)39)31(35-20-34-27)37-26-14-22(5)28(16-25(26)33)42-24-11-13-40(36-8-3)23(7-2)15-24/h7-8,11,13-17,20-21H,6,9-10,12,18-19H2,1-5H3,(H,34,35,37)/b23-7+,36-8-. The van der Waals surface area contributed by atoms with Gasteiger partial charge in [-0.3, -0.25) is 0 Å². The number of halogens is 1. The summed E-state index contributed by atoms with van der Waals surface area (Å²) in [5, 5.41) is 9.19. The van der Waals surface area contributed by atoms with Crippen LogP contribution in [0, 0.1) is 18.7 Å². The molecule has 42 heavy (non-hydrogen) atoms. The van der Waals surface area contributed by atoms with E-state index in [1.54, 1.807) is 29.6 Å². The second-order valence-corrected chi connectivity index (χ2v) is 10.6. The van der Waals surface area contributed by atoms with Gasteiger partial charge < -0.3 is 19.7 Å². The van der Waals surface area contributed by atoms with Crippen LogP contribution in [-0.2, 0) is 0 Å². The maximum atomic E-state index is 15.5. The van der Waals surface area contributed by atoms with E-state index in [0.29, 0.717) is 46.6 Å². The van der Waals surface area contributed by atoms with Gasteiger partial charge in [-0.15, -0.1) is 0 Å². The molecule has 0 saturated heterocycles. The number of benzene rings is 1. The molecular formula is C32H38FN7O2. The highest BCUT2D eigenvalue weighted by Crippen LogP contribution is 2.36. The Morgan fingerprint density at radius 3 is 2.86 bits per heavy atom. The number of rotatable bonds is 9. The molecule has 2 aliphatic rings. The summed E-state index contributed by atoms with van der Waals surface area (Å²) in [5.41, 5.74) is 3.07.